The third-order valence-corrected chi connectivity index (χ3v) is 6.87. The number of hydrogen-bond donors (Lipinski definition) is 0. The van der Waals surface area contributed by atoms with E-state index in [1.165, 1.54) is 0 Å². The first-order valence-corrected chi connectivity index (χ1v) is 8.55. The van der Waals surface area contributed by atoms with Crippen LogP contribution in [0.1, 0.15) is 60.3 Å². The lowest BCUT2D eigenvalue weighted by molar-refractivity contribution is -0.333. The van der Waals surface area contributed by atoms with E-state index in [-0.39, 0.29) is 29.8 Å². The Kier molecular flexibility index (Phi) is 2.90. The second-order valence-corrected chi connectivity index (χ2v) is 7.77. The van der Waals surface area contributed by atoms with Gasteiger partial charge in [-0.25, -0.2) is 0 Å². The molecule has 0 amide bonds. The molecule has 0 aromatic heterocycles. The Hall–Kier alpha value is -0.160. The zero-order chi connectivity index (χ0) is 15.0. The van der Waals surface area contributed by atoms with Crippen molar-refractivity contribution in [3.8, 4) is 0 Å². The monoisotopic (exact) mass is 296 g/mol. The molecule has 4 nitrogen and oxygen atoms in total. The fourth-order valence-electron chi connectivity index (χ4n) is 5.25. The van der Waals surface area contributed by atoms with E-state index in [4.69, 9.17) is 18.9 Å². The molecule has 0 bridgehead atoms. The first-order chi connectivity index (χ1) is 9.84. The molecule has 2 spiro atoms. The first-order valence-electron chi connectivity index (χ1n) is 8.55. The summed E-state index contributed by atoms with van der Waals surface area (Å²) in [5, 5.41) is 0. The minimum Gasteiger partial charge on any atom is -0.343 e. The fraction of sp³-hybridized carbons (Fsp3) is 1.00. The van der Waals surface area contributed by atoms with Crippen molar-refractivity contribution in [1.29, 1.82) is 0 Å². The minimum atomic E-state index is -0.531. The van der Waals surface area contributed by atoms with E-state index in [9.17, 15) is 0 Å². The van der Waals surface area contributed by atoms with Crippen LogP contribution in [0.3, 0.4) is 0 Å². The Morgan fingerprint density at radius 1 is 0.667 bits per heavy atom. The highest BCUT2D eigenvalue weighted by molar-refractivity contribution is 5.17. The molecule has 2 heterocycles. The molecular formula is C17H28O4. The average Bonchev–Trinajstić information content (AvgIpc) is 3.05. The van der Waals surface area contributed by atoms with Crippen molar-refractivity contribution in [3.05, 3.63) is 0 Å². The summed E-state index contributed by atoms with van der Waals surface area (Å²) in [6.45, 7) is 10.7. The smallest absolute Gasteiger partial charge is 0.179 e. The van der Waals surface area contributed by atoms with Crippen molar-refractivity contribution >= 4 is 0 Å². The Labute approximate surface area is 127 Å². The van der Waals surface area contributed by atoms with Crippen LogP contribution >= 0.6 is 0 Å². The standard InChI is InChI=1S/C17H28O4/c1-10-11(2)19-16(18-10)8-6-14-7-9-17(15(14,16)5)20-12(3)13(4)21-17/h10-14H,6-9H2,1-5H3. The number of fused-ring (bicyclic) bond motifs is 3. The molecule has 4 unspecified atom stereocenters. The van der Waals surface area contributed by atoms with Gasteiger partial charge in [-0.15, -0.1) is 0 Å². The van der Waals surface area contributed by atoms with Crippen LogP contribution in [-0.4, -0.2) is 36.0 Å². The lowest BCUT2D eigenvalue weighted by atomic mass is 9.74. The predicted octanol–water partition coefficient (Wildman–Crippen LogP) is 3.24. The molecule has 2 aliphatic carbocycles. The Balaban J connectivity index is 1.76. The normalized spacial score (nSPS) is 63.0. The first kappa shape index (κ1) is 14.4. The molecule has 0 aromatic rings. The van der Waals surface area contributed by atoms with Gasteiger partial charge >= 0.3 is 0 Å². The third kappa shape index (κ3) is 1.55. The highest BCUT2D eigenvalue weighted by Crippen LogP contribution is 2.69. The molecule has 0 aromatic carbocycles. The van der Waals surface area contributed by atoms with Gasteiger partial charge in [-0.2, -0.15) is 0 Å². The van der Waals surface area contributed by atoms with E-state index >= 15 is 0 Å². The summed E-state index contributed by atoms with van der Waals surface area (Å²) in [7, 11) is 0. The van der Waals surface area contributed by atoms with Crippen LogP contribution in [-0.2, 0) is 18.9 Å². The Bertz CT molecular complexity index is 392. The van der Waals surface area contributed by atoms with Gasteiger partial charge in [-0.3, -0.25) is 0 Å². The zero-order valence-corrected chi connectivity index (χ0v) is 13.8. The van der Waals surface area contributed by atoms with Crippen molar-refractivity contribution < 1.29 is 18.9 Å². The molecule has 4 fully saturated rings. The van der Waals surface area contributed by atoms with Crippen LogP contribution in [0.5, 0.6) is 0 Å². The summed E-state index contributed by atoms with van der Waals surface area (Å²) in [5.74, 6) is -0.499. The summed E-state index contributed by atoms with van der Waals surface area (Å²) in [4.78, 5) is 0. The van der Waals surface area contributed by atoms with E-state index in [1.807, 2.05) is 0 Å². The van der Waals surface area contributed by atoms with Crippen molar-refractivity contribution in [2.75, 3.05) is 0 Å². The summed E-state index contributed by atoms with van der Waals surface area (Å²) in [5.41, 5.74) is -0.210. The molecule has 4 aliphatic rings. The molecular weight excluding hydrogens is 268 g/mol. The molecule has 2 saturated heterocycles. The summed E-state index contributed by atoms with van der Waals surface area (Å²) < 4.78 is 25.7. The van der Waals surface area contributed by atoms with E-state index in [0.29, 0.717) is 5.92 Å². The summed E-state index contributed by atoms with van der Waals surface area (Å²) in [6, 6.07) is 0. The second kappa shape index (κ2) is 4.22. The molecule has 4 atom stereocenters. The summed E-state index contributed by atoms with van der Waals surface area (Å²) >= 11 is 0. The van der Waals surface area contributed by atoms with E-state index in [1.54, 1.807) is 0 Å². The van der Waals surface area contributed by atoms with Crippen molar-refractivity contribution in [3.63, 3.8) is 0 Å². The average molecular weight is 296 g/mol. The molecule has 4 rings (SSSR count). The van der Waals surface area contributed by atoms with Crippen LogP contribution in [0.2, 0.25) is 0 Å². The SMILES string of the molecule is CC1OC2(CCC3CCC4(OC(C)C(C)O4)C32C)OC1C. The number of rotatable bonds is 0. The van der Waals surface area contributed by atoms with Gasteiger partial charge in [-0.1, -0.05) is 0 Å². The van der Waals surface area contributed by atoms with Crippen LogP contribution in [0, 0.1) is 11.3 Å². The molecule has 21 heavy (non-hydrogen) atoms. The topological polar surface area (TPSA) is 36.9 Å². The third-order valence-electron chi connectivity index (χ3n) is 6.87. The van der Waals surface area contributed by atoms with Crippen molar-refractivity contribution in [2.24, 2.45) is 11.3 Å². The molecule has 2 aliphatic heterocycles. The number of ether oxygens (including phenoxy) is 4. The zero-order valence-electron chi connectivity index (χ0n) is 13.8. The van der Waals surface area contributed by atoms with Crippen molar-refractivity contribution in [1.82, 2.24) is 0 Å². The van der Waals surface area contributed by atoms with Gasteiger partial charge in [0.05, 0.1) is 29.8 Å². The van der Waals surface area contributed by atoms with Crippen LogP contribution in [0.4, 0.5) is 0 Å². The molecule has 0 N–H and O–H groups in total. The van der Waals surface area contributed by atoms with Gasteiger partial charge in [0.2, 0.25) is 0 Å². The summed E-state index contributed by atoms with van der Waals surface area (Å²) in [6.07, 6.45) is 4.74. The highest BCUT2D eigenvalue weighted by atomic mass is 16.8. The van der Waals surface area contributed by atoms with Crippen LogP contribution in [0.15, 0.2) is 0 Å². The lowest BCUT2D eigenvalue weighted by Gasteiger charge is -2.48. The quantitative estimate of drug-likeness (QED) is 0.687. The fourth-order valence-corrected chi connectivity index (χ4v) is 5.25. The lowest BCUT2D eigenvalue weighted by Crippen LogP contribution is -2.58. The van der Waals surface area contributed by atoms with Gasteiger partial charge in [-0.05, 0) is 53.4 Å². The minimum absolute atomic E-state index is 0.134. The molecule has 120 valence electrons. The Morgan fingerprint density at radius 2 is 1.00 bits per heavy atom. The molecule has 0 radical (unpaired) electrons. The number of hydrogen-bond acceptors (Lipinski definition) is 4. The van der Waals surface area contributed by atoms with E-state index in [0.717, 1.165) is 25.7 Å². The maximum atomic E-state index is 6.41. The Morgan fingerprint density at radius 3 is 1.33 bits per heavy atom. The second-order valence-electron chi connectivity index (χ2n) is 7.77. The van der Waals surface area contributed by atoms with Gasteiger partial charge in [0, 0.05) is 12.8 Å². The van der Waals surface area contributed by atoms with Gasteiger partial charge < -0.3 is 18.9 Å². The maximum absolute atomic E-state index is 6.41. The van der Waals surface area contributed by atoms with Crippen molar-refractivity contribution in [2.45, 2.75) is 96.3 Å². The predicted molar refractivity (Wildman–Crippen MR) is 77.7 cm³/mol. The van der Waals surface area contributed by atoms with E-state index in [2.05, 4.69) is 34.6 Å². The van der Waals surface area contributed by atoms with Gasteiger partial charge in [0.15, 0.2) is 11.6 Å². The van der Waals surface area contributed by atoms with Gasteiger partial charge in [0.1, 0.15) is 0 Å². The van der Waals surface area contributed by atoms with Crippen LogP contribution < -0.4 is 0 Å². The maximum Gasteiger partial charge on any atom is 0.179 e. The van der Waals surface area contributed by atoms with Crippen LogP contribution in [0.25, 0.3) is 0 Å². The molecule has 2 saturated carbocycles. The van der Waals surface area contributed by atoms with E-state index < -0.39 is 11.6 Å². The largest absolute Gasteiger partial charge is 0.343 e. The van der Waals surface area contributed by atoms with Gasteiger partial charge in [0.25, 0.3) is 0 Å². The highest BCUT2D eigenvalue weighted by Gasteiger charge is 2.77. The molecule has 4 heteroatoms.